The van der Waals surface area contributed by atoms with E-state index in [4.69, 9.17) is 4.74 Å². The number of likely N-dealkylation sites (tertiary alicyclic amines) is 1. The highest BCUT2D eigenvalue weighted by Gasteiger charge is 2.12. The van der Waals surface area contributed by atoms with Gasteiger partial charge in [0, 0.05) is 23.1 Å². The van der Waals surface area contributed by atoms with Crippen molar-refractivity contribution in [1.29, 1.82) is 0 Å². The second-order valence-electron chi connectivity index (χ2n) is 7.45. The third kappa shape index (κ3) is 5.18. The lowest BCUT2D eigenvalue weighted by Gasteiger charge is -2.26. The first-order valence-corrected chi connectivity index (χ1v) is 10.2. The van der Waals surface area contributed by atoms with E-state index in [-0.39, 0.29) is 24.8 Å². The van der Waals surface area contributed by atoms with Gasteiger partial charge in [0.2, 0.25) is 0 Å². The molecule has 1 aliphatic heterocycles. The third-order valence-corrected chi connectivity index (χ3v) is 5.48. The minimum Gasteiger partial charge on any atom is -0.492 e. The van der Waals surface area contributed by atoms with Gasteiger partial charge in [-0.3, -0.25) is 15.1 Å². The van der Waals surface area contributed by atoms with Crippen molar-refractivity contribution in [3.05, 3.63) is 48.8 Å². The Labute approximate surface area is 193 Å². The Balaban J connectivity index is 0.00000136. The maximum Gasteiger partial charge on any atom is 0.155 e. The summed E-state index contributed by atoms with van der Waals surface area (Å²) in [5, 5.41) is 15.6. The molecule has 4 aromatic rings. The predicted molar refractivity (Wildman–Crippen MR) is 127 cm³/mol. The molecule has 1 fully saturated rings. The van der Waals surface area contributed by atoms with Crippen molar-refractivity contribution in [3.63, 3.8) is 0 Å². The number of fused-ring (bicyclic) bond motifs is 1. The predicted octanol–water partition coefficient (Wildman–Crippen LogP) is 4.72. The van der Waals surface area contributed by atoms with E-state index in [9.17, 15) is 0 Å². The number of aromatic amines is 2. The highest BCUT2D eigenvalue weighted by Crippen LogP contribution is 2.31. The number of nitrogens with zero attached hydrogens (tertiary/aromatic N) is 4. The number of rotatable bonds is 6. The molecule has 1 saturated heterocycles. The molecule has 0 bridgehead atoms. The number of nitrogens with one attached hydrogen (secondary N) is 2. The number of hydrogen-bond donors (Lipinski definition) is 2. The molecule has 0 unspecified atom stereocenters. The lowest BCUT2D eigenvalue weighted by molar-refractivity contribution is 0.183. The van der Waals surface area contributed by atoms with Crippen LogP contribution in [0.2, 0.25) is 0 Å². The number of H-pyrrole nitrogens is 2. The zero-order chi connectivity index (χ0) is 19.5. The van der Waals surface area contributed by atoms with E-state index in [1.165, 1.54) is 38.7 Å². The minimum atomic E-state index is 0. The molecule has 0 amide bonds. The number of benzene rings is 2. The molecule has 0 atom stereocenters. The highest BCUT2D eigenvalue weighted by atomic mass is 35.5. The fraction of sp³-hybridized carbons (Fsp3) is 0.318. The Morgan fingerprint density at radius 2 is 1.81 bits per heavy atom. The second-order valence-corrected chi connectivity index (χ2v) is 7.45. The van der Waals surface area contributed by atoms with Crippen LogP contribution in [0.1, 0.15) is 19.3 Å². The van der Waals surface area contributed by atoms with Gasteiger partial charge in [0.05, 0.1) is 5.52 Å². The molecular formula is C22H26Cl2N6O. The topological polar surface area (TPSA) is 82.7 Å². The van der Waals surface area contributed by atoms with Gasteiger partial charge in [0.15, 0.2) is 5.82 Å². The van der Waals surface area contributed by atoms with E-state index in [1.807, 2.05) is 24.3 Å². The molecule has 2 aromatic carbocycles. The number of ether oxygens (including phenoxy) is 1. The van der Waals surface area contributed by atoms with Crippen molar-refractivity contribution >= 4 is 35.7 Å². The SMILES string of the molecule is Cl.Cl.c1cc(OCCN2CCCCC2)cc(-c2n[nH]c3ccc(-c4ncn[nH]4)cc23)c1. The van der Waals surface area contributed by atoms with Gasteiger partial charge in [0.25, 0.3) is 0 Å². The average Bonchev–Trinajstić information content (AvgIpc) is 3.44. The van der Waals surface area contributed by atoms with Crippen molar-refractivity contribution in [3.8, 4) is 28.4 Å². The Morgan fingerprint density at radius 1 is 0.935 bits per heavy atom. The van der Waals surface area contributed by atoms with Gasteiger partial charge in [-0.25, -0.2) is 4.98 Å². The summed E-state index contributed by atoms with van der Waals surface area (Å²) in [6.45, 7) is 4.07. The molecule has 3 heterocycles. The molecule has 9 heteroatoms. The van der Waals surface area contributed by atoms with Crippen LogP contribution >= 0.6 is 24.8 Å². The first-order chi connectivity index (χ1) is 14.4. The first-order valence-electron chi connectivity index (χ1n) is 10.2. The van der Waals surface area contributed by atoms with Crippen LogP contribution in [0.15, 0.2) is 48.8 Å². The largest absolute Gasteiger partial charge is 0.492 e. The maximum atomic E-state index is 6.04. The van der Waals surface area contributed by atoms with Gasteiger partial charge in [-0.15, -0.1) is 24.8 Å². The van der Waals surface area contributed by atoms with Crippen molar-refractivity contribution in [2.75, 3.05) is 26.2 Å². The number of aromatic nitrogens is 5. The second kappa shape index (κ2) is 10.6. The molecule has 2 aromatic heterocycles. The van der Waals surface area contributed by atoms with E-state index in [1.54, 1.807) is 0 Å². The Hall–Kier alpha value is -2.61. The molecule has 1 aliphatic rings. The summed E-state index contributed by atoms with van der Waals surface area (Å²) in [4.78, 5) is 6.73. The molecule has 164 valence electrons. The lowest BCUT2D eigenvalue weighted by atomic mass is 10.1. The molecule has 7 nitrogen and oxygen atoms in total. The van der Waals surface area contributed by atoms with Gasteiger partial charge in [-0.1, -0.05) is 18.6 Å². The van der Waals surface area contributed by atoms with E-state index in [2.05, 4.69) is 48.5 Å². The molecule has 5 rings (SSSR count). The van der Waals surface area contributed by atoms with Gasteiger partial charge in [-0.05, 0) is 56.3 Å². The summed E-state index contributed by atoms with van der Waals surface area (Å²) in [5.41, 5.74) is 3.90. The minimum absolute atomic E-state index is 0. The van der Waals surface area contributed by atoms with Gasteiger partial charge in [-0.2, -0.15) is 10.2 Å². The Morgan fingerprint density at radius 3 is 2.61 bits per heavy atom. The van der Waals surface area contributed by atoms with E-state index in [0.29, 0.717) is 6.61 Å². The Bertz CT molecular complexity index is 1090. The van der Waals surface area contributed by atoms with E-state index in [0.717, 1.165) is 45.8 Å². The summed E-state index contributed by atoms with van der Waals surface area (Å²) in [5.74, 6) is 1.62. The van der Waals surface area contributed by atoms with E-state index < -0.39 is 0 Å². The summed E-state index contributed by atoms with van der Waals surface area (Å²) < 4.78 is 6.04. The van der Waals surface area contributed by atoms with Crippen LogP contribution < -0.4 is 4.74 Å². The fourth-order valence-electron chi connectivity index (χ4n) is 3.93. The molecule has 0 spiro atoms. The van der Waals surface area contributed by atoms with Gasteiger partial charge >= 0.3 is 0 Å². The van der Waals surface area contributed by atoms with Crippen LogP contribution in [0, 0.1) is 0 Å². The standard InChI is InChI=1S/C22H24N6O.2ClH/c1-2-9-28(10-3-1)11-12-29-18-6-4-5-16(13-18)21-19-14-17(22-23-15-24-27-22)7-8-20(19)25-26-21;;/h4-8,13-15H,1-3,9-12H2,(H,25,26)(H,23,24,27);2*1H. The number of piperidine rings is 1. The third-order valence-electron chi connectivity index (χ3n) is 5.48. The average molecular weight is 461 g/mol. The number of hydrogen-bond acceptors (Lipinski definition) is 5. The zero-order valence-electron chi connectivity index (χ0n) is 17.1. The molecule has 0 saturated carbocycles. The summed E-state index contributed by atoms with van der Waals surface area (Å²) >= 11 is 0. The van der Waals surface area contributed by atoms with Gasteiger partial charge < -0.3 is 4.74 Å². The van der Waals surface area contributed by atoms with E-state index >= 15 is 0 Å². The van der Waals surface area contributed by atoms with Crippen LogP contribution in [-0.2, 0) is 0 Å². The summed E-state index contributed by atoms with van der Waals surface area (Å²) in [7, 11) is 0. The summed E-state index contributed by atoms with van der Waals surface area (Å²) in [6.07, 6.45) is 5.48. The maximum absolute atomic E-state index is 6.04. The quantitative estimate of drug-likeness (QED) is 0.434. The molecule has 0 aliphatic carbocycles. The van der Waals surface area contributed by atoms with Crippen molar-refractivity contribution in [1.82, 2.24) is 30.3 Å². The lowest BCUT2D eigenvalue weighted by Crippen LogP contribution is -2.33. The van der Waals surface area contributed by atoms with Crippen LogP contribution in [0.5, 0.6) is 5.75 Å². The van der Waals surface area contributed by atoms with Gasteiger partial charge in [0.1, 0.15) is 24.4 Å². The van der Waals surface area contributed by atoms with Crippen LogP contribution in [0.4, 0.5) is 0 Å². The van der Waals surface area contributed by atoms with Crippen LogP contribution in [0.3, 0.4) is 0 Å². The monoisotopic (exact) mass is 460 g/mol. The molecular weight excluding hydrogens is 435 g/mol. The molecule has 31 heavy (non-hydrogen) atoms. The molecule has 2 N–H and O–H groups in total. The van der Waals surface area contributed by atoms with Crippen molar-refractivity contribution in [2.24, 2.45) is 0 Å². The zero-order valence-corrected chi connectivity index (χ0v) is 18.7. The molecule has 0 radical (unpaired) electrons. The first kappa shape index (κ1) is 23.1. The van der Waals surface area contributed by atoms with Crippen molar-refractivity contribution < 1.29 is 4.74 Å². The fourth-order valence-corrected chi connectivity index (χ4v) is 3.93. The van der Waals surface area contributed by atoms with Crippen LogP contribution in [0.25, 0.3) is 33.5 Å². The number of halogens is 2. The van der Waals surface area contributed by atoms with Crippen molar-refractivity contribution in [2.45, 2.75) is 19.3 Å². The normalized spacial score (nSPS) is 14.1. The van der Waals surface area contributed by atoms with Crippen LogP contribution in [-0.4, -0.2) is 56.5 Å². The summed E-state index contributed by atoms with van der Waals surface area (Å²) in [6, 6.07) is 14.3. The Kier molecular flexibility index (Phi) is 7.90. The smallest absolute Gasteiger partial charge is 0.155 e. The highest BCUT2D eigenvalue weighted by molar-refractivity contribution is 5.95.